The van der Waals surface area contributed by atoms with Gasteiger partial charge in [0, 0.05) is 37.4 Å². The average Bonchev–Trinajstić information content (AvgIpc) is 3.34. The number of carbonyl (C=O) groups is 1. The van der Waals surface area contributed by atoms with E-state index in [4.69, 9.17) is 14.7 Å². The summed E-state index contributed by atoms with van der Waals surface area (Å²) in [4.78, 5) is 31.6. The molecule has 2 aromatic heterocycles. The fourth-order valence-electron chi connectivity index (χ4n) is 5.16. The van der Waals surface area contributed by atoms with Crippen molar-refractivity contribution < 1.29 is 23.1 Å². The molecule has 5 rings (SSSR count). The van der Waals surface area contributed by atoms with Crippen LogP contribution in [0.1, 0.15) is 66.5 Å². The number of fused-ring (bicyclic) bond motifs is 1. The van der Waals surface area contributed by atoms with Gasteiger partial charge in [-0.05, 0) is 71.1 Å². The second kappa shape index (κ2) is 13.0. The monoisotopic (exact) mass is 629 g/mol. The number of aryl methyl sites for hydroxylation is 1. The van der Waals surface area contributed by atoms with Gasteiger partial charge in [0.15, 0.2) is 5.13 Å². The first kappa shape index (κ1) is 31.0. The summed E-state index contributed by atoms with van der Waals surface area (Å²) in [7, 11) is -3.42. The third-order valence-electron chi connectivity index (χ3n) is 7.57. The predicted molar refractivity (Wildman–Crippen MR) is 169 cm³/mol. The third-order valence-corrected chi connectivity index (χ3v) is 10.4. The van der Waals surface area contributed by atoms with Crippen LogP contribution in [-0.2, 0) is 27.7 Å². The van der Waals surface area contributed by atoms with Gasteiger partial charge in [-0.1, -0.05) is 23.5 Å². The van der Waals surface area contributed by atoms with Crippen molar-refractivity contribution in [3.8, 4) is 0 Å². The molecule has 0 bridgehead atoms. The normalized spacial score (nSPS) is 15.9. The highest BCUT2D eigenvalue weighted by Gasteiger charge is 2.29. The number of piperidine rings is 1. The molecule has 3 aromatic rings. The van der Waals surface area contributed by atoms with Crippen LogP contribution in [0.25, 0.3) is 0 Å². The van der Waals surface area contributed by atoms with Crippen molar-refractivity contribution in [2.24, 2.45) is 0 Å². The number of aliphatic hydroxyl groups is 1. The first-order valence-electron chi connectivity index (χ1n) is 14.6. The van der Waals surface area contributed by atoms with Gasteiger partial charge in [0.2, 0.25) is 16.0 Å². The van der Waals surface area contributed by atoms with E-state index in [1.165, 1.54) is 11.3 Å². The van der Waals surface area contributed by atoms with E-state index >= 15 is 0 Å². The van der Waals surface area contributed by atoms with Crippen LogP contribution >= 0.6 is 11.3 Å². The lowest BCUT2D eigenvalue weighted by atomic mass is 10.0. The molecule has 1 aromatic carbocycles. The second-order valence-corrected chi connectivity index (χ2v) is 14.3. The molecule has 0 spiro atoms. The van der Waals surface area contributed by atoms with Crippen molar-refractivity contribution in [1.82, 2.24) is 15.0 Å². The zero-order valence-corrected chi connectivity index (χ0v) is 26.6. The number of esters is 1. The molecule has 232 valence electrons. The molecule has 3 N–H and O–H groups in total. The van der Waals surface area contributed by atoms with Crippen LogP contribution < -0.4 is 19.8 Å². The highest BCUT2D eigenvalue weighted by molar-refractivity contribution is 7.93. The second-order valence-electron chi connectivity index (χ2n) is 11.1. The smallest absolute Gasteiger partial charge is 0.350 e. The van der Waals surface area contributed by atoms with Crippen molar-refractivity contribution in [2.45, 2.75) is 71.3 Å². The van der Waals surface area contributed by atoms with Crippen LogP contribution in [-0.4, -0.2) is 72.0 Å². The van der Waals surface area contributed by atoms with Crippen LogP contribution in [0.15, 0.2) is 24.3 Å². The Morgan fingerprint density at radius 1 is 1.12 bits per heavy atom. The van der Waals surface area contributed by atoms with Gasteiger partial charge >= 0.3 is 5.97 Å². The maximum Gasteiger partial charge on any atom is 0.350 e. The lowest BCUT2D eigenvalue weighted by Crippen LogP contribution is -2.38. The van der Waals surface area contributed by atoms with Gasteiger partial charge in [-0.3, -0.25) is 10.0 Å². The van der Waals surface area contributed by atoms with Gasteiger partial charge < -0.3 is 19.6 Å². The van der Waals surface area contributed by atoms with E-state index < -0.39 is 21.2 Å². The maximum absolute atomic E-state index is 12.4. The number of benzene rings is 1. The minimum atomic E-state index is -3.42. The number of hydrogen-bond donors (Lipinski definition) is 3. The zero-order valence-electron chi connectivity index (χ0n) is 25.0. The molecule has 0 radical (unpaired) electrons. The van der Waals surface area contributed by atoms with E-state index in [1.807, 2.05) is 12.1 Å². The molecule has 12 nitrogen and oxygen atoms in total. The van der Waals surface area contributed by atoms with Crippen LogP contribution in [0, 0.1) is 6.92 Å². The van der Waals surface area contributed by atoms with E-state index in [0.717, 1.165) is 42.1 Å². The summed E-state index contributed by atoms with van der Waals surface area (Å²) < 4.78 is 32.4. The van der Waals surface area contributed by atoms with Gasteiger partial charge in [-0.2, -0.15) is 9.97 Å². The first-order chi connectivity index (χ1) is 20.5. The Bertz CT molecular complexity index is 1550. The Morgan fingerprint density at radius 3 is 2.49 bits per heavy atom. The number of anilines is 5. The molecule has 4 heterocycles. The van der Waals surface area contributed by atoms with Crippen LogP contribution in [0.2, 0.25) is 0 Å². The van der Waals surface area contributed by atoms with Crippen molar-refractivity contribution in [2.75, 3.05) is 46.1 Å². The van der Waals surface area contributed by atoms with Crippen molar-refractivity contribution in [3.63, 3.8) is 0 Å². The topological polar surface area (TPSA) is 150 Å². The standard InChI is InChI=1S/C29H39N7O5S2/c1-5-41-27(38)24-19(4)30-29(42-24)33-28-31-25(35-15-12-22(37)13-16-35)23-7-6-14-36(26(23)32-28)17-20-8-10-21(11-9-20)34-43(39,40)18(2)3/h8-11,18,22,34,37H,5-7,12-17H2,1-4H3,(H,30,31,32,33). The third kappa shape index (κ3) is 7.19. The fourth-order valence-corrected chi connectivity index (χ4v) is 6.71. The molecule has 14 heteroatoms. The Kier molecular flexibility index (Phi) is 9.37. The summed E-state index contributed by atoms with van der Waals surface area (Å²) in [6, 6.07) is 7.41. The minimum Gasteiger partial charge on any atom is -0.462 e. The maximum atomic E-state index is 12.4. The van der Waals surface area contributed by atoms with Crippen LogP contribution in [0.4, 0.5) is 28.4 Å². The lowest BCUT2D eigenvalue weighted by molar-refractivity contribution is 0.0531. The predicted octanol–water partition coefficient (Wildman–Crippen LogP) is 4.23. The van der Waals surface area contributed by atoms with Gasteiger partial charge in [0.25, 0.3) is 0 Å². The quantitative estimate of drug-likeness (QED) is 0.277. The molecule has 2 aliphatic heterocycles. The fraction of sp³-hybridized carbons (Fsp3) is 0.517. The summed E-state index contributed by atoms with van der Waals surface area (Å²) in [6.45, 7) is 9.89. The Morgan fingerprint density at radius 2 is 1.81 bits per heavy atom. The molecule has 43 heavy (non-hydrogen) atoms. The first-order valence-corrected chi connectivity index (χ1v) is 17.0. The van der Waals surface area contributed by atoms with Crippen LogP contribution in [0.3, 0.4) is 0 Å². The molecule has 0 amide bonds. The number of carbonyl (C=O) groups excluding carboxylic acids is 1. The molecule has 1 saturated heterocycles. The summed E-state index contributed by atoms with van der Waals surface area (Å²) >= 11 is 1.21. The van der Waals surface area contributed by atoms with Crippen molar-refractivity contribution >= 4 is 55.7 Å². The number of ether oxygens (including phenoxy) is 1. The van der Waals surface area contributed by atoms with E-state index in [9.17, 15) is 18.3 Å². The molecule has 0 aliphatic carbocycles. The molecular formula is C29H39N7O5S2. The zero-order chi connectivity index (χ0) is 30.7. The number of nitrogens with zero attached hydrogens (tertiary/aromatic N) is 5. The average molecular weight is 630 g/mol. The van der Waals surface area contributed by atoms with E-state index in [1.54, 1.807) is 39.8 Å². The summed E-state index contributed by atoms with van der Waals surface area (Å²) in [5.41, 5.74) is 3.19. The van der Waals surface area contributed by atoms with Crippen molar-refractivity contribution in [1.29, 1.82) is 0 Å². The molecule has 2 aliphatic rings. The Hall–Kier alpha value is -3.49. The lowest BCUT2D eigenvalue weighted by Gasteiger charge is -2.36. The molecule has 0 atom stereocenters. The number of hydrogen-bond acceptors (Lipinski definition) is 12. The summed E-state index contributed by atoms with van der Waals surface area (Å²) in [6.07, 6.45) is 2.81. The largest absolute Gasteiger partial charge is 0.462 e. The SMILES string of the molecule is CCOC(=O)c1sc(Nc2nc(N3CCC(O)CC3)c3c(n2)N(Cc2ccc(NS(=O)(=O)C(C)C)cc2)CCC3)nc1C. The van der Waals surface area contributed by atoms with E-state index in [0.29, 0.717) is 59.8 Å². The van der Waals surface area contributed by atoms with E-state index in [-0.39, 0.29) is 12.7 Å². The summed E-state index contributed by atoms with van der Waals surface area (Å²) in [5, 5.41) is 13.3. The Balaban J connectivity index is 1.44. The number of nitrogens with one attached hydrogen (secondary N) is 2. The van der Waals surface area contributed by atoms with Crippen LogP contribution in [0.5, 0.6) is 0 Å². The van der Waals surface area contributed by atoms with Gasteiger partial charge in [-0.25, -0.2) is 18.2 Å². The van der Waals surface area contributed by atoms with Gasteiger partial charge in [-0.15, -0.1) is 0 Å². The number of sulfonamides is 1. The van der Waals surface area contributed by atoms with Crippen molar-refractivity contribution in [3.05, 3.63) is 46.0 Å². The highest BCUT2D eigenvalue weighted by atomic mass is 32.2. The van der Waals surface area contributed by atoms with E-state index in [2.05, 4.69) is 24.8 Å². The number of rotatable bonds is 10. The number of aromatic nitrogens is 3. The molecule has 0 saturated carbocycles. The number of aliphatic hydroxyl groups excluding tert-OH is 1. The van der Waals surface area contributed by atoms with Gasteiger partial charge in [0.05, 0.1) is 23.7 Å². The highest BCUT2D eigenvalue weighted by Crippen LogP contribution is 2.36. The Labute approximate surface area is 256 Å². The minimum absolute atomic E-state index is 0.285. The molecular weight excluding hydrogens is 590 g/mol. The summed E-state index contributed by atoms with van der Waals surface area (Å²) in [5.74, 6) is 1.66. The molecule has 0 unspecified atom stereocenters. The van der Waals surface area contributed by atoms with Gasteiger partial charge in [0.1, 0.15) is 16.5 Å². The number of thiazole rings is 1. The molecule has 1 fully saturated rings.